The van der Waals surface area contributed by atoms with E-state index in [0.717, 1.165) is 0 Å². The summed E-state index contributed by atoms with van der Waals surface area (Å²) in [6, 6.07) is -0.644. The van der Waals surface area contributed by atoms with Crippen LogP contribution in [-0.4, -0.2) is 39.7 Å². The van der Waals surface area contributed by atoms with E-state index in [1.807, 2.05) is 0 Å². The average Bonchev–Trinajstić information content (AvgIpc) is 2.78. The first-order chi connectivity index (χ1) is 9.78. The number of urea groups is 1. The van der Waals surface area contributed by atoms with Gasteiger partial charge in [0.2, 0.25) is 12.3 Å². The minimum atomic E-state index is -0.989. The van der Waals surface area contributed by atoms with E-state index in [0.29, 0.717) is 12.2 Å². The van der Waals surface area contributed by atoms with E-state index < -0.39 is 23.3 Å². The van der Waals surface area contributed by atoms with Gasteiger partial charge in [-0.25, -0.2) is 4.79 Å². The number of hydrogen-bond acceptors (Lipinski definition) is 6. The maximum atomic E-state index is 11.6. The van der Waals surface area contributed by atoms with E-state index in [2.05, 4.69) is 25.3 Å². The number of carbonyl (C=O) groups excluding carboxylic acids is 2. The van der Waals surface area contributed by atoms with Gasteiger partial charge >= 0.3 is 12.0 Å². The third-order valence-corrected chi connectivity index (χ3v) is 2.56. The van der Waals surface area contributed by atoms with Crippen molar-refractivity contribution < 1.29 is 24.0 Å². The van der Waals surface area contributed by atoms with E-state index >= 15 is 0 Å². The monoisotopic (exact) mass is 298 g/mol. The Kier molecular flexibility index (Phi) is 5.82. The molecule has 9 heteroatoms. The second kappa shape index (κ2) is 7.36. The van der Waals surface area contributed by atoms with Crippen molar-refractivity contribution in [1.29, 1.82) is 0 Å². The summed E-state index contributed by atoms with van der Waals surface area (Å²) in [6.45, 7) is 3.54. The third kappa shape index (κ3) is 7.04. The third-order valence-electron chi connectivity index (χ3n) is 2.56. The summed E-state index contributed by atoms with van der Waals surface area (Å²) in [5, 5.41) is 16.9. The van der Waals surface area contributed by atoms with Crippen molar-refractivity contribution in [3.05, 3.63) is 12.2 Å². The van der Waals surface area contributed by atoms with Gasteiger partial charge in [0.25, 0.3) is 0 Å². The van der Waals surface area contributed by atoms with Gasteiger partial charge in [-0.3, -0.25) is 14.9 Å². The lowest BCUT2D eigenvalue weighted by Gasteiger charge is -2.21. The van der Waals surface area contributed by atoms with Crippen LogP contribution in [0.1, 0.15) is 32.5 Å². The molecule has 0 bridgehead atoms. The normalized spacial score (nSPS) is 11.0. The lowest BCUT2D eigenvalue weighted by Crippen LogP contribution is -2.41. The quantitative estimate of drug-likeness (QED) is 0.660. The highest BCUT2D eigenvalue weighted by atomic mass is 16.5. The molecule has 1 aromatic rings. The van der Waals surface area contributed by atoms with Gasteiger partial charge in [0.05, 0.1) is 6.42 Å². The van der Waals surface area contributed by atoms with E-state index in [-0.39, 0.29) is 19.4 Å². The standard InChI is InChI=1S/C12H18N4O5/c1-12(2,6-10(18)19)5-9(17)15-11(20)13-4-3-8-14-7-21-16-8/h7H,3-6H2,1-2H3,(H,18,19)(H2,13,15,17,20). The summed E-state index contributed by atoms with van der Waals surface area (Å²) in [7, 11) is 0. The lowest BCUT2D eigenvalue weighted by atomic mass is 9.85. The summed E-state index contributed by atoms with van der Waals surface area (Å²) < 4.78 is 4.53. The maximum Gasteiger partial charge on any atom is 0.321 e. The average molecular weight is 298 g/mol. The minimum Gasteiger partial charge on any atom is -0.481 e. The number of carboxylic acids is 1. The van der Waals surface area contributed by atoms with Crippen LogP contribution in [0.5, 0.6) is 0 Å². The van der Waals surface area contributed by atoms with Crippen LogP contribution in [0, 0.1) is 5.41 Å². The van der Waals surface area contributed by atoms with Crippen molar-refractivity contribution in [2.75, 3.05) is 6.54 Å². The molecular weight excluding hydrogens is 280 g/mol. The molecule has 0 spiro atoms. The molecule has 0 fully saturated rings. The lowest BCUT2D eigenvalue weighted by molar-refractivity contribution is -0.139. The minimum absolute atomic E-state index is 0.0580. The number of nitrogens with zero attached hydrogens (tertiary/aromatic N) is 2. The van der Waals surface area contributed by atoms with Crippen LogP contribution >= 0.6 is 0 Å². The number of rotatable bonds is 7. The van der Waals surface area contributed by atoms with Crippen molar-refractivity contribution >= 4 is 17.9 Å². The summed E-state index contributed by atoms with van der Waals surface area (Å²) in [6.07, 6.45) is 1.35. The van der Waals surface area contributed by atoms with Gasteiger partial charge < -0.3 is 14.9 Å². The zero-order valence-corrected chi connectivity index (χ0v) is 11.9. The molecule has 3 N–H and O–H groups in total. The first-order valence-electron chi connectivity index (χ1n) is 6.33. The molecule has 1 aromatic heterocycles. The number of nitrogens with one attached hydrogen (secondary N) is 2. The Balaban J connectivity index is 2.27. The van der Waals surface area contributed by atoms with Crippen LogP contribution in [0.2, 0.25) is 0 Å². The van der Waals surface area contributed by atoms with Crippen LogP contribution in [0.25, 0.3) is 0 Å². The smallest absolute Gasteiger partial charge is 0.321 e. The van der Waals surface area contributed by atoms with Crippen molar-refractivity contribution in [3.8, 4) is 0 Å². The SMILES string of the molecule is CC(C)(CC(=O)O)CC(=O)NC(=O)NCCc1ncon1. The highest BCUT2D eigenvalue weighted by Gasteiger charge is 2.25. The molecule has 0 radical (unpaired) electrons. The predicted octanol–water partition coefficient (Wildman–Crippen LogP) is 0.329. The van der Waals surface area contributed by atoms with Crippen molar-refractivity contribution in [1.82, 2.24) is 20.8 Å². The molecule has 0 unspecified atom stereocenters. The van der Waals surface area contributed by atoms with Gasteiger partial charge in [-0.05, 0) is 5.41 Å². The van der Waals surface area contributed by atoms with E-state index in [4.69, 9.17) is 5.11 Å². The molecule has 0 aliphatic carbocycles. The van der Waals surface area contributed by atoms with Crippen LogP contribution in [0.15, 0.2) is 10.9 Å². The molecular formula is C12H18N4O5. The van der Waals surface area contributed by atoms with Crippen LogP contribution < -0.4 is 10.6 Å². The molecule has 0 aliphatic heterocycles. The highest BCUT2D eigenvalue weighted by Crippen LogP contribution is 2.24. The number of amides is 3. The fourth-order valence-corrected chi connectivity index (χ4v) is 1.71. The molecule has 0 aromatic carbocycles. The number of carbonyl (C=O) groups is 3. The Morgan fingerprint density at radius 1 is 1.33 bits per heavy atom. The predicted molar refractivity (Wildman–Crippen MR) is 70.2 cm³/mol. The van der Waals surface area contributed by atoms with Gasteiger partial charge in [-0.2, -0.15) is 4.98 Å². The molecule has 0 saturated heterocycles. The number of hydrogen-bond donors (Lipinski definition) is 3. The zero-order valence-electron chi connectivity index (χ0n) is 11.9. The molecule has 0 atom stereocenters. The summed E-state index contributed by atoms with van der Waals surface area (Å²) in [5.41, 5.74) is -0.721. The van der Waals surface area contributed by atoms with Crippen LogP contribution in [0.3, 0.4) is 0 Å². The molecule has 3 amide bonds. The highest BCUT2D eigenvalue weighted by molar-refractivity contribution is 5.94. The Hall–Kier alpha value is -2.45. The first kappa shape index (κ1) is 16.6. The number of aromatic nitrogens is 2. The first-order valence-corrected chi connectivity index (χ1v) is 6.33. The van der Waals surface area contributed by atoms with Gasteiger partial charge in [0.1, 0.15) is 0 Å². The van der Waals surface area contributed by atoms with Crippen LogP contribution in [-0.2, 0) is 16.0 Å². The summed E-state index contributed by atoms with van der Waals surface area (Å²) >= 11 is 0. The second-order valence-corrected chi connectivity index (χ2v) is 5.31. The number of carboxylic acid groups (broad SMARTS) is 1. The maximum absolute atomic E-state index is 11.6. The second-order valence-electron chi connectivity index (χ2n) is 5.31. The van der Waals surface area contributed by atoms with E-state index in [9.17, 15) is 14.4 Å². The number of imide groups is 1. The molecule has 9 nitrogen and oxygen atoms in total. The fraction of sp³-hybridized carbons (Fsp3) is 0.583. The Morgan fingerprint density at radius 3 is 2.62 bits per heavy atom. The van der Waals surface area contributed by atoms with Gasteiger partial charge in [0.15, 0.2) is 5.82 Å². The van der Waals surface area contributed by atoms with Crippen molar-refractivity contribution in [3.63, 3.8) is 0 Å². The summed E-state index contributed by atoms with van der Waals surface area (Å²) in [5.74, 6) is -1.07. The van der Waals surface area contributed by atoms with Crippen LogP contribution in [0.4, 0.5) is 4.79 Å². The largest absolute Gasteiger partial charge is 0.481 e. The van der Waals surface area contributed by atoms with E-state index in [1.165, 1.54) is 6.39 Å². The van der Waals surface area contributed by atoms with Crippen molar-refractivity contribution in [2.45, 2.75) is 33.1 Å². The molecule has 0 aliphatic rings. The molecule has 21 heavy (non-hydrogen) atoms. The number of aliphatic carboxylic acids is 1. The van der Waals surface area contributed by atoms with Crippen molar-refractivity contribution in [2.24, 2.45) is 5.41 Å². The van der Waals surface area contributed by atoms with Gasteiger partial charge in [-0.15, -0.1) is 0 Å². The topological polar surface area (TPSA) is 134 Å². The molecule has 1 heterocycles. The Labute approximate surface area is 121 Å². The fourth-order valence-electron chi connectivity index (χ4n) is 1.71. The van der Waals surface area contributed by atoms with Gasteiger partial charge in [0, 0.05) is 19.4 Å². The summed E-state index contributed by atoms with van der Waals surface area (Å²) in [4.78, 5) is 37.5. The Morgan fingerprint density at radius 2 is 2.05 bits per heavy atom. The Bertz CT molecular complexity index is 498. The molecule has 0 saturated carbocycles. The molecule has 1 rings (SSSR count). The van der Waals surface area contributed by atoms with E-state index in [1.54, 1.807) is 13.8 Å². The van der Waals surface area contributed by atoms with Gasteiger partial charge in [-0.1, -0.05) is 19.0 Å². The molecule has 116 valence electrons. The zero-order chi connectivity index (χ0) is 15.9.